The third-order valence-electron chi connectivity index (χ3n) is 4.11. The van der Waals surface area contributed by atoms with Gasteiger partial charge in [0.15, 0.2) is 0 Å². The van der Waals surface area contributed by atoms with Gasteiger partial charge in [-0.25, -0.2) is 0 Å². The minimum absolute atomic E-state index is 0.0615. The SMILES string of the molecule is CCC1CCCC(NCc2ccc(SC(F)(F)F)cc2)C1. The van der Waals surface area contributed by atoms with E-state index in [0.717, 1.165) is 18.0 Å². The molecule has 1 aliphatic carbocycles. The fourth-order valence-electron chi connectivity index (χ4n) is 2.92. The first kappa shape index (κ1) is 16.7. The van der Waals surface area contributed by atoms with Crippen molar-refractivity contribution in [3.8, 4) is 0 Å². The van der Waals surface area contributed by atoms with Crippen LogP contribution in [-0.2, 0) is 6.54 Å². The van der Waals surface area contributed by atoms with Crippen molar-refractivity contribution in [1.82, 2.24) is 5.32 Å². The molecule has 1 aliphatic rings. The van der Waals surface area contributed by atoms with Crippen molar-refractivity contribution in [2.24, 2.45) is 5.92 Å². The van der Waals surface area contributed by atoms with Crippen molar-refractivity contribution in [3.63, 3.8) is 0 Å². The van der Waals surface area contributed by atoms with Crippen LogP contribution in [0.5, 0.6) is 0 Å². The number of nitrogens with one attached hydrogen (secondary N) is 1. The third-order valence-corrected chi connectivity index (χ3v) is 4.85. The summed E-state index contributed by atoms with van der Waals surface area (Å²) in [4.78, 5) is 0.245. The molecule has 1 aromatic carbocycles. The van der Waals surface area contributed by atoms with Gasteiger partial charge in [0.05, 0.1) is 0 Å². The largest absolute Gasteiger partial charge is 0.446 e. The fraction of sp³-hybridized carbons (Fsp3) is 0.625. The molecule has 5 heteroatoms. The minimum Gasteiger partial charge on any atom is -0.310 e. The van der Waals surface area contributed by atoms with Crippen LogP contribution >= 0.6 is 11.8 Å². The summed E-state index contributed by atoms with van der Waals surface area (Å²) in [5.74, 6) is 0.821. The van der Waals surface area contributed by atoms with Gasteiger partial charge in [-0.3, -0.25) is 0 Å². The van der Waals surface area contributed by atoms with Gasteiger partial charge in [0, 0.05) is 17.5 Å². The summed E-state index contributed by atoms with van der Waals surface area (Å²) in [6, 6.07) is 7.20. The van der Waals surface area contributed by atoms with Crippen molar-refractivity contribution in [3.05, 3.63) is 29.8 Å². The van der Waals surface area contributed by atoms with E-state index in [0.29, 0.717) is 6.04 Å². The van der Waals surface area contributed by atoms with Gasteiger partial charge in [0.25, 0.3) is 0 Å². The molecule has 0 aliphatic heterocycles. The molecule has 0 heterocycles. The maximum atomic E-state index is 12.3. The Morgan fingerprint density at radius 1 is 1.19 bits per heavy atom. The van der Waals surface area contributed by atoms with Crippen LogP contribution in [0.1, 0.15) is 44.6 Å². The molecule has 1 nitrogen and oxygen atoms in total. The number of thioether (sulfide) groups is 1. The highest BCUT2D eigenvalue weighted by Gasteiger charge is 2.29. The van der Waals surface area contributed by atoms with E-state index in [-0.39, 0.29) is 16.7 Å². The molecule has 0 spiro atoms. The van der Waals surface area contributed by atoms with Crippen LogP contribution in [0.2, 0.25) is 0 Å². The summed E-state index contributed by atoms with van der Waals surface area (Å²) < 4.78 is 36.8. The van der Waals surface area contributed by atoms with Gasteiger partial charge in [-0.2, -0.15) is 13.2 Å². The van der Waals surface area contributed by atoms with Crippen LogP contribution in [-0.4, -0.2) is 11.6 Å². The van der Waals surface area contributed by atoms with Gasteiger partial charge in [0.2, 0.25) is 0 Å². The number of hydrogen-bond acceptors (Lipinski definition) is 2. The lowest BCUT2D eigenvalue weighted by atomic mass is 9.84. The van der Waals surface area contributed by atoms with Crippen molar-refractivity contribution < 1.29 is 13.2 Å². The molecule has 0 saturated heterocycles. The Kier molecular flexibility index (Phi) is 5.99. The molecule has 1 N–H and O–H groups in total. The predicted molar refractivity (Wildman–Crippen MR) is 81.2 cm³/mol. The molecular weight excluding hydrogens is 295 g/mol. The van der Waals surface area contributed by atoms with E-state index in [9.17, 15) is 13.2 Å². The Morgan fingerprint density at radius 3 is 2.52 bits per heavy atom. The zero-order chi connectivity index (χ0) is 15.3. The van der Waals surface area contributed by atoms with Crippen LogP contribution in [0.4, 0.5) is 13.2 Å². The second-order valence-electron chi connectivity index (χ2n) is 5.71. The smallest absolute Gasteiger partial charge is 0.310 e. The van der Waals surface area contributed by atoms with E-state index in [1.54, 1.807) is 24.3 Å². The van der Waals surface area contributed by atoms with E-state index >= 15 is 0 Å². The summed E-state index contributed by atoms with van der Waals surface area (Å²) in [6.07, 6.45) is 6.27. The number of alkyl halides is 3. The lowest BCUT2D eigenvalue weighted by Gasteiger charge is -2.29. The summed E-state index contributed by atoms with van der Waals surface area (Å²) in [5, 5.41) is 3.54. The maximum absolute atomic E-state index is 12.3. The summed E-state index contributed by atoms with van der Waals surface area (Å²) in [7, 11) is 0. The second-order valence-corrected chi connectivity index (χ2v) is 6.85. The van der Waals surface area contributed by atoms with Crippen LogP contribution in [0, 0.1) is 5.92 Å². The van der Waals surface area contributed by atoms with Gasteiger partial charge in [-0.15, -0.1) is 0 Å². The molecule has 2 atom stereocenters. The molecule has 118 valence electrons. The van der Waals surface area contributed by atoms with Gasteiger partial charge < -0.3 is 5.32 Å². The monoisotopic (exact) mass is 317 g/mol. The quantitative estimate of drug-likeness (QED) is 0.734. The number of hydrogen-bond donors (Lipinski definition) is 1. The Balaban J connectivity index is 1.81. The molecule has 0 radical (unpaired) electrons. The van der Waals surface area contributed by atoms with Gasteiger partial charge in [-0.05, 0) is 48.2 Å². The van der Waals surface area contributed by atoms with E-state index in [2.05, 4.69) is 12.2 Å². The standard InChI is InChI=1S/C16H22F3NS/c1-2-12-4-3-5-14(10-12)20-11-13-6-8-15(9-7-13)21-16(17,18)19/h6-9,12,14,20H,2-5,10-11H2,1H3. The first-order chi connectivity index (χ1) is 9.96. The average molecular weight is 317 g/mol. The van der Waals surface area contributed by atoms with Crippen LogP contribution < -0.4 is 5.32 Å². The highest BCUT2D eigenvalue weighted by Crippen LogP contribution is 2.36. The van der Waals surface area contributed by atoms with Gasteiger partial charge in [-0.1, -0.05) is 38.3 Å². The summed E-state index contributed by atoms with van der Waals surface area (Å²) in [5.41, 5.74) is -3.17. The molecule has 2 unspecified atom stereocenters. The molecule has 21 heavy (non-hydrogen) atoms. The molecule has 0 aromatic heterocycles. The molecule has 1 saturated carbocycles. The summed E-state index contributed by atoms with van der Waals surface area (Å²) >= 11 is -0.0615. The highest BCUT2D eigenvalue weighted by molar-refractivity contribution is 8.00. The van der Waals surface area contributed by atoms with E-state index in [4.69, 9.17) is 0 Å². The Bertz CT molecular complexity index is 430. The second kappa shape index (κ2) is 7.54. The topological polar surface area (TPSA) is 12.0 Å². The van der Waals surface area contributed by atoms with Crippen molar-refractivity contribution >= 4 is 11.8 Å². The van der Waals surface area contributed by atoms with Crippen LogP contribution in [0.25, 0.3) is 0 Å². The minimum atomic E-state index is -4.21. The zero-order valence-corrected chi connectivity index (χ0v) is 13.1. The lowest BCUT2D eigenvalue weighted by molar-refractivity contribution is -0.0328. The fourth-order valence-corrected chi connectivity index (χ4v) is 3.46. The lowest BCUT2D eigenvalue weighted by Crippen LogP contribution is -2.33. The average Bonchev–Trinajstić information content (AvgIpc) is 2.45. The Hall–Kier alpha value is -0.680. The highest BCUT2D eigenvalue weighted by atomic mass is 32.2. The number of rotatable bonds is 5. The van der Waals surface area contributed by atoms with E-state index < -0.39 is 5.51 Å². The van der Waals surface area contributed by atoms with Crippen LogP contribution in [0.15, 0.2) is 29.2 Å². The van der Waals surface area contributed by atoms with Crippen molar-refractivity contribution in [2.75, 3.05) is 0 Å². The molecule has 2 rings (SSSR count). The number of benzene rings is 1. The predicted octanol–water partition coefficient (Wildman–Crippen LogP) is 5.36. The first-order valence-electron chi connectivity index (χ1n) is 7.54. The normalized spacial score (nSPS) is 23.2. The molecular formula is C16H22F3NS. The van der Waals surface area contributed by atoms with Crippen LogP contribution in [0.3, 0.4) is 0 Å². The number of halogens is 3. The van der Waals surface area contributed by atoms with Crippen molar-refractivity contribution in [1.29, 1.82) is 0 Å². The molecule has 0 bridgehead atoms. The molecule has 0 amide bonds. The van der Waals surface area contributed by atoms with E-state index in [1.807, 2.05) is 0 Å². The van der Waals surface area contributed by atoms with Gasteiger partial charge in [0.1, 0.15) is 0 Å². The van der Waals surface area contributed by atoms with Crippen molar-refractivity contribution in [2.45, 2.75) is 62.0 Å². The Morgan fingerprint density at radius 2 is 1.90 bits per heavy atom. The van der Waals surface area contributed by atoms with Gasteiger partial charge >= 0.3 is 5.51 Å². The molecule has 1 aromatic rings. The Labute approximate surface area is 128 Å². The third kappa shape index (κ3) is 5.91. The first-order valence-corrected chi connectivity index (χ1v) is 8.36. The summed E-state index contributed by atoms with van der Waals surface area (Å²) in [6.45, 7) is 2.97. The zero-order valence-electron chi connectivity index (χ0n) is 12.2. The maximum Gasteiger partial charge on any atom is 0.446 e. The van der Waals surface area contributed by atoms with E-state index in [1.165, 1.54) is 32.1 Å². The molecule has 1 fully saturated rings.